The van der Waals surface area contributed by atoms with Crippen molar-refractivity contribution in [2.45, 2.75) is 24.4 Å². The first-order valence-corrected chi connectivity index (χ1v) is 9.21. The van der Waals surface area contributed by atoms with E-state index < -0.39 is 10.0 Å². The van der Waals surface area contributed by atoms with Gasteiger partial charge in [-0.2, -0.15) is 8.42 Å². The molecular weight excluding hydrogens is 324 g/mol. The van der Waals surface area contributed by atoms with Gasteiger partial charge in [0.05, 0.1) is 6.20 Å². The molecule has 0 amide bonds. The first-order chi connectivity index (χ1) is 11.6. The lowest BCUT2D eigenvalue weighted by Gasteiger charge is -2.12. The van der Waals surface area contributed by atoms with Crippen LogP contribution in [0.3, 0.4) is 0 Å². The average Bonchev–Trinajstić information content (AvgIpc) is 3.19. The Morgan fingerprint density at radius 2 is 1.88 bits per heavy atom. The van der Waals surface area contributed by atoms with E-state index in [2.05, 4.69) is 14.7 Å². The van der Waals surface area contributed by atoms with Gasteiger partial charge < -0.3 is 4.57 Å². The molecule has 122 valence electrons. The molecule has 3 heterocycles. The zero-order valence-corrected chi connectivity index (χ0v) is 13.7. The van der Waals surface area contributed by atoms with Crippen molar-refractivity contribution >= 4 is 15.8 Å². The molecule has 0 aliphatic carbocycles. The normalized spacial score (nSPS) is 13.7. The van der Waals surface area contributed by atoms with E-state index in [1.54, 1.807) is 16.8 Å². The molecule has 1 aliphatic heterocycles. The van der Waals surface area contributed by atoms with E-state index in [1.165, 1.54) is 6.20 Å². The summed E-state index contributed by atoms with van der Waals surface area (Å²) in [6.45, 7) is 0.680. The second-order valence-corrected chi connectivity index (χ2v) is 7.27. The van der Waals surface area contributed by atoms with Crippen LogP contribution in [0.1, 0.15) is 12.2 Å². The zero-order chi connectivity index (χ0) is 16.6. The molecule has 1 N–H and O–H groups in total. The molecule has 3 aromatic rings. The van der Waals surface area contributed by atoms with Crippen LogP contribution < -0.4 is 4.72 Å². The minimum atomic E-state index is -3.74. The Hall–Kier alpha value is -2.67. The van der Waals surface area contributed by atoms with E-state index in [0.717, 1.165) is 29.8 Å². The maximum Gasteiger partial charge on any atom is 0.280 e. The lowest BCUT2D eigenvalue weighted by molar-refractivity contribution is 0.583. The first-order valence-electron chi connectivity index (χ1n) is 7.73. The lowest BCUT2D eigenvalue weighted by atomic mass is 10.1. The van der Waals surface area contributed by atoms with Crippen molar-refractivity contribution in [2.75, 3.05) is 4.72 Å². The molecule has 1 aromatic carbocycles. The van der Waals surface area contributed by atoms with Gasteiger partial charge in [0.1, 0.15) is 11.6 Å². The minimum Gasteiger partial charge on any atom is -0.318 e. The highest BCUT2D eigenvalue weighted by Crippen LogP contribution is 2.28. The highest BCUT2D eigenvalue weighted by molar-refractivity contribution is 7.92. The fourth-order valence-electron chi connectivity index (χ4n) is 2.96. The number of hydrogen-bond acceptors (Lipinski definition) is 4. The van der Waals surface area contributed by atoms with Crippen molar-refractivity contribution in [3.05, 3.63) is 60.7 Å². The van der Waals surface area contributed by atoms with Crippen molar-refractivity contribution in [2.24, 2.45) is 0 Å². The van der Waals surface area contributed by atoms with Crippen LogP contribution in [0, 0.1) is 0 Å². The third kappa shape index (κ3) is 2.56. The van der Waals surface area contributed by atoms with Gasteiger partial charge in [0.2, 0.25) is 0 Å². The number of rotatable bonds is 4. The molecular formula is C17H16N4O2S. The molecule has 0 unspecified atom stereocenters. The third-order valence-electron chi connectivity index (χ3n) is 4.08. The van der Waals surface area contributed by atoms with Crippen molar-refractivity contribution in [1.29, 1.82) is 0 Å². The van der Waals surface area contributed by atoms with Crippen LogP contribution in [0.5, 0.6) is 0 Å². The van der Waals surface area contributed by atoms with E-state index in [1.807, 2.05) is 36.4 Å². The summed E-state index contributed by atoms with van der Waals surface area (Å²) in [6.07, 6.45) is 4.73. The Morgan fingerprint density at radius 1 is 1.04 bits per heavy atom. The number of anilines is 1. The second kappa shape index (κ2) is 5.76. The van der Waals surface area contributed by atoms with Crippen LogP contribution in [0.4, 0.5) is 5.82 Å². The quantitative estimate of drug-likeness (QED) is 0.792. The van der Waals surface area contributed by atoms with Gasteiger partial charge in [-0.15, -0.1) is 0 Å². The van der Waals surface area contributed by atoms with Crippen molar-refractivity contribution < 1.29 is 8.42 Å². The Labute approximate surface area is 140 Å². The van der Waals surface area contributed by atoms with Gasteiger partial charge in [-0.05, 0) is 24.1 Å². The number of nitrogens with zero attached hydrogens (tertiary/aromatic N) is 3. The molecule has 4 rings (SSSR count). The van der Waals surface area contributed by atoms with E-state index >= 15 is 0 Å². The lowest BCUT2D eigenvalue weighted by Crippen LogP contribution is -2.18. The van der Waals surface area contributed by atoms with Crippen LogP contribution in [-0.4, -0.2) is 23.0 Å². The number of aromatic nitrogens is 3. The fourth-order valence-corrected chi connectivity index (χ4v) is 4.16. The average molecular weight is 340 g/mol. The maximum atomic E-state index is 12.8. The highest BCUT2D eigenvalue weighted by Gasteiger charge is 2.26. The molecule has 0 saturated heterocycles. The summed E-state index contributed by atoms with van der Waals surface area (Å²) >= 11 is 0. The number of fused-ring (bicyclic) bond motifs is 1. The summed E-state index contributed by atoms with van der Waals surface area (Å²) in [5.41, 5.74) is 1.64. The van der Waals surface area contributed by atoms with Crippen LogP contribution >= 0.6 is 0 Å². The van der Waals surface area contributed by atoms with Gasteiger partial charge in [0, 0.05) is 24.7 Å². The van der Waals surface area contributed by atoms with Crippen molar-refractivity contribution in [1.82, 2.24) is 14.5 Å². The van der Waals surface area contributed by atoms with E-state index in [9.17, 15) is 8.42 Å². The van der Waals surface area contributed by atoms with Crippen molar-refractivity contribution in [3.8, 4) is 11.1 Å². The maximum absolute atomic E-state index is 12.8. The summed E-state index contributed by atoms with van der Waals surface area (Å²) in [6, 6.07) is 13.2. The summed E-state index contributed by atoms with van der Waals surface area (Å²) in [4.78, 5) is 8.43. The first kappa shape index (κ1) is 14.9. The largest absolute Gasteiger partial charge is 0.318 e. The molecule has 0 atom stereocenters. The summed E-state index contributed by atoms with van der Waals surface area (Å²) < 4.78 is 30.0. The van der Waals surface area contributed by atoms with Gasteiger partial charge in [-0.25, -0.2) is 9.97 Å². The predicted molar refractivity (Wildman–Crippen MR) is 91.0 cm³/mol. The molecule has 7 heteroatoms. The molecule has 0 spiro atoms. The molecule has 0 bridgehead atoms. The number of hydrogen-bond donors (Lipinski definition) is 1. The van der Waals surface area contributed by atoms with Gasteiger partial charge in [0.15, 0.2) is 5.03 Å². The van der Waals surface area contributed by atoms with Gasteiger partial charge >= 0.3 is 0 Å². The standard InChI is InChI=1S/C17H16N4O2S/c22-24(23,16-12-19-15-9-5-11-21(15)16)20-17-14(8-4-10-18-17)13-6-2-1-3-7-13/h1-4,6-8,10,12H,5,9,11H2,(H,18,20). The summed E-state index contributed by atoms with van der Waals surface area (Å²) in [5.74, 6) is 1.14. The van der Waals surface area contributed by atoms with Crippen LogP contribution in [0.25, 0.3) is 11.1 Å². The van der Waals surface area contributed by atoms with E-state index in [0.29, 0.717) is 12.4 Å². The number of sulfonamides is 1. The van der Waals surface area contributed by atoms with E-state index in [4.69, 9.17) is 0 Å². The topological polar surface area (TPSA) is 76.9 Å². The van der Waals surface area contributed by atoms with Gasteiger partial charge in [0.25, 0.3) is 10.0 Å². The number of pyridine rings is 1. The minimum absolute atomic E-state index is 0.194. The summed E-state index contributed by atoms with van der Waals surface area (Å²) in [7, 11) is -3.74. The molecule has 6 nitrogen and oxygen atoms in total. The number of imidazole rings is 1. The second-order valence-electron chi connectivity index (χ2n) is 5.64. The molecule has 1 aliphatic rings. The molecule has 0 fully saturated rings. The Morgan fingerprint density at radius 3 is 2.71 bits per heavy atom. The Balaban J connectivity index is 1.73. The number of nitrogens with one attached hydrogen (secondary N) is 1. The number of aryl methyl sites for hydroxylation is 1. The number of benzene rings is 1. The molecule has 2 aromatic heterocycles. The fraction of sp³-hybridized carbons (Fsp3) is 0.176. The Kier molecular flexibility index (Phi) is 3.57. The van der Waals surface area contributed by atoms with E-state index in [-0.39, 0.29) is 5.03 Å². The van der Waals surface area contributed by atoms with Crippen LogP contribution in [0.15, 0.2) is 59.9 Å². The van der Waals surface area contributed by atoms with Gasteiger partial charge in [-0.3, -0.25) is 4.72 Å². The molecule has 0 radical (unpaired) electrons. The Bertz CT molecular complexity index is 981. The third-order valence-corrected chi connectivity index (χ3v) is 5.42. The predicted octanol–water partition coefficient (Wildman–Crippen LogP) is 2.69. The molecule has 0 saturated carbocycles. The van der Waals surface area contributed by atoms with Crippen molar-refractivity contribution in [3.63, 3.8) is 0 Å². The molecule has 24 heavy (non-hydrogen) atoms. The summed E-state index contributed by atoms with van der Waals surface area (Å²) in [5, 5.41) is 0.194. The monoisotopic (exact) mass is 340 g/mol. The zero-order valence-electron chi connectivity index (χ0n) is 12.9. The van der Waals surface area contributed by atoms with Crippen LogP contribution in [0.2, 0.25) is 0 Å². The smallest absolute Gasteiger partial charge is 0.280 e. The van der Waals surface area contributed by atoms with Crippen LogP contribution in [-0.2, 0) is 23.0 Å². The van der Waals surface area contributed by atoms with Gasteiger partial charge in [-0.1, -0.05) is 30.3 Å². The SMILES string of the molecule is O=S(=O)(Nc1ncccc1-c1ccccc1)c1cnc2n1CCC2. The highest BCUT2D eigenvalue weighted by atomic mass is 32.2.